The molecule has 0 aliphatic rings. The predicted molar refractivity (Wildman–Crippen MR) is 44.9 cm³/mol. The van der Waals surface area contributed by atoms with E-state index in [0.717, 1.165) is 5.13 Å². The van der Waals surface area contributed by atoms with Gasteiger partial charge in [0.2, 0.25) is 5.13 Å². The molecule has 11 heavy (non-hydrogen) atoms. The van der Waals surface area contributed by atoms with Gasteiger partial charge in [-0.3, -0.25) is 0 Å². The molecule has 0 bridgehead atoms. The number of aliphatic hydroxyl groups is 1. The van der Waals surface area contributed by atoms with Crippen molar-refractivity contribution in [3.63, 3.8) is 0 Å². The lowest BCUT2D eigenvalue weighted by Crippen LogP contribution is -2.26. The maximum absolute atomic E-state index is 9.04. The Morgan fingerprint density at radius 3 is 3.00 bits per heavy atom. The molecule has 0 radical (unpaired) electrons. The molecule has 0 saturated heterocycles. The summed E-state index contributed by atoms with van der Waals surface area (Å²) in [5.74, 6) is 0. The summed E-state index contributed by atoms with van der Waals surface area (Å²) < 4.78 is 3.86. The highest BCUT2D eigenvalue weighted by molar-refractivity contribution is 7.09. The maximum Gasteiger partial charge on any atom is 0.204 e. The van der Waals surface area contributed by atoms with Gasteiger partial charge in [-0.15, -0.1) is 0 Å². The number of nitrogens with zero attached hydrogens (tertiary/aromatic N) is 3. The molecule has 1 rings (SSSR count). The molecule has 1 heterocycles. The van der Waals surface area contributed by atoms with Crippen LogP contribution in [0.15, 0.2) is 6.33 Å². The minimum atomic E-state index is -0.330. The van der Waals surface area contributed by atoms with Crippen molar-refractivity contribution < 1.29 is 5.11 Å². The normalized spacial score (nSPS) is 13.0. The number of likely N-dealkylation sites (N-methyl/N-ethyl adjacent to an activating group) is 1. The zero-order valence-electron chi connectivity index (χ0n) is 6.56. The summed E-state index contributed by atoms with van der Waals surface area (Å²) in [6.07, 6.45) is 1.18. The van der Waals surface area contributed by atoms with E-state index in [1.807, 2.05) is 11.9 Å². The molecule has 0 amide bonds. The summed E-state index contributed by atoms with van der Waals surface area (Å²) in [6, 6.07) is 0. The second kappa shape index (κ2) is 3.64. The van der Waals surface area contributed by atoms with Gasteiger partial charge in [0.25, 0.3) is 0 Å². The van der Waals surface area contributed by atoms with Crippen molar-refractivity contribution in [2.75, 3.05) is 18.5 Å². The fraction of sp³-hybridized carbons (Fsp3) is 0.667. The summed E-state index contributed by atoms with van der Waals surface area (Å²) in [4.78, 5) is 5.87. The van der Waals surface area contributed by atoms with E-state index in [-0.39, 0.29) is 6.10 Å². The first-order valence-electron chi connectivity index (χ1n) is 3.36. The Labute approximate surface area is 69.7 Å². The Morgan fingerprint density at radius 1 is 1.82 bits per heavy atom. The quantitative estimate of drug-likeness (QED) is 0.716. The third-order valence-corrected chi connectivity index (χ3v) is 1.99. The molecule has 1 aromatic rings. The lowest BCUT2D eigenvalue weighted by Gasteiger charge is -2.16. The van der Waals surface area contributed by atoms with E-state index < -0.39 is 0 Å². The smallest absolute Gasteiger partial charge is 0.204 e. The van der Waals surface area contributed by atoms with Gasteiger partial charge < -0.3 is 10.0 Å². The fourth-order valence-electron chi connectivity index (χ4n) is 0.810. The third-order valence-electron chi connectivity index (χ3n) is 1.21. The maximum atomic E-state index is 9.04. The van der Waals surface area contributed by atoms with Gasteiger partial charge in [0.15, 0.2) is 0 Å². The number of rotatable bonds is 3. The summed E-state index contributed by atoms with van der Waals surface area (Å²) in [5.41, 5.74) is 0. The van der Waals surface area contributed by atoms with Crippen LogP contribution < -0.4 is 4.90 Å². The van der Waals surface area contributed by atoms with Crippen LogP contribution in [0, 0.1) is 0 Å². The van der Waals surface area contributed by atoms with Crippen LogP contribution >= 0.6 is 11.5 Å². The first-order valence-corrected chi connectivity index (χ1v) is 4.13. The van der Waals surface area contributed by atoms with Gasteiger partial charge in [-0.25, -0.2) is 4.98 Å². The first kappa shape index (κ1) is 8.42. The molecule has 4 nitrogen and oxygen atoms in total. The number of aromatic nitrogens is 2. The highest BCUT2D eigenvalue weighted by atomic mass is 32.1. The number of hydrogen-bond donors (Lipinski definition) is 1. The van der Waals surface area contributed by atoms with Crippen LogP contribution in [0.5, 0.6) is 0 Å². The summed E-state index contributed by atoms with van der Waals surface area (Å²) in [5, 5.41) is 9.88. The van der Waals surface area contributed by atoms with E-state index in [1.165, 1.54) is 17.9 Å². The zero-order chi connectivity index (χ0) is 8.27. The van der Waals surface area contributed by atoms with Gasteiger partial charge in [0, 0.05) is 25.1 Å². The molecule has 0 aliphatic heterocycles. The highest BCUT2D eigenvalue weighted by Gasteiger charge is 2.05. The Hall–Kier alpha value is -0.680. The number of anilines is 1. The largest absolute Gasteiger partial charge is 0.392 e. The van der Waals surface area contributed by atoms with E-state index in [2.05, 4.69) is 9.36 Å². The molecule has 1 atom stereocenters. The standard InChI is InChI=1S/C6H11N3OS/c1-5(10)3-9(2)6-7-4-8-11-6/h4-5,10H,3H2,1-2H3/t5-/m0/s1. The van der Waals surface area contributed by atoms with Crippen LogP contribution in [0.25, 0.3) is 0 Å². The topological polar surface area (TPSA) is 49.2 Å². The lowest BCUT2D eigenvalue weighted by atomic mass is 10.4. The molecule has 5 heteroatoms. The van der Waals surface area contributed by atoms with Crippen molar-refractivity contribution in [3.8, 4) is 0 Å². The second-order valence-electron chi connectivity index (χ2n) is 2.45. The van der Waals surface area contributed by atoms with Gasteiger partial charge in [0.05, 0.1) is 6.10 Å². The van der Waals surface area contributed by atoms with Crippen LogP contribution in [-0.2, 0) is 0 Å². The van der Waals surface area contributed by atoms with Gasteiger partial charge in [-0.2, -0.15) is 4.37 Å². The highest BCUT2D eigenvalue weighted by Crippen LogP contribution is 2.12. The van der Waals surface area contributed by atoms with Gasteiger partial charge >= 0.3 is 0 Å². The average molecular weight is 173 g/mol. The van der Waals surface area contributed by atoms with E-state index >= 15 is 0 Å². The Kier molecular flexibility index (Phi) is 2.78. The fourth-order valence-corrected chi connectivity index (χ4v) is 1.31. The molecule has 1 aromatic heterocycles. The summed E-state index contributed by atoms with van der Waals surface area (Å²) in [6.45, 7) is 2.34. The molecule has 0 fully saturated rings. The van der Waals surface area contributed by atoms with Gasteiger partial charge in [-0.05, 0) is 6.92 Å². The van der Waals surface area contributed by atoms with Crippen LogP contribution in [0.3, 0.4) is 0 Å². The second-order valence-corrected chi connectivity index (χ2v) is 3.21. The first-order chi connectivity index (χ1) is 5.20. The molecular weight excluding hydrogens is 162 g/mol. The monoisotopic (exact) mass is 173 g/mol. The average Bonchev–Trinajstić information content (AvgIpc) is 2.35. The molecule has 0 aromatic carbocycles. The van der Waals surface area contributed by atoms with Crippen molar-refractivity contribution >= 4 is 16.7 Å². The molecule has 62 valence electrons. The zero-order valence-corrected chi connectivity index (χ0v) is 7.38. The number of aliphatic hydroxyl groups excluding tert-OH is 1. The van der Waals surface area contributed by atoms with Crippen LogP contribution in [0.4, 0.5) is 5.13 Å². The van der Waals surface area contributed by atoms with Crippen molar-refractivity contribution in [3.05, 3.63) is 6.33 Å². The molecule has 0 unspecified atom stereocenters. The lowest BCUT2D eigenvalue weighted by molar-refractivity contribution is 0.201. The Morgan fingerprint density at radius 2 is 2.55 bits per heavy atom. The van der Waals surface area contributed by atoms with Gasteiger partial charge in [0.1, 0.15) is 6.33 Å². The minimum absolute atomic E-state index is 0.330. The summed E-state index contributed by atoms with van der Waals surface area (Å²) >= 11 is 1.33. The summed E-state index contributed by atoms with van der Waals surface area (Å²) in [7, 11) is 1.88. The van der Waals surface area contributed by atoms with E-state index in [0.29, 0.717) is 6.54 Å². The molecular formula is C6H11N3OS. The molecule has 0 saturated carbocycles. The molecule has 0 spiro atoms. The van der Waals surface area contributed by atoms with Crippen molar-refractivity contribution in [1.82, 2.24) is 9.36 Å². The Balaban J connectivity index is 2.49. The SMILES string of the molecule is C[C@H](O)CN(C)c1ncns1. The predicted octanol–water partition coefficient (Wildman–Crippen LogP) is 0.355. The van der Waals surface area contributed by atoms with Crippen molar-refractivity contribution in [2.24, 2.45) is 0 Å². The van der Waals surface area contributed by atoms with Crippen molar-refractivity contribution in [2.45, 2.75) is 13.0 Å². The van der Waals surface area contributed by atoms with Crippen LogP contribution in [-0.4, -0.2) is 34.2 Å². The molecule has 0 aliphatic carbocycles. The minimum Gasteiger partial charge on any atom is -0.392 e. The van der Waals surface area contributed by atoms with E-state index in [9.17, 15) is 0 Å². The van der Waals surface area contributed by atoms with Crippen molar-refractivity contribution in [1.29, 1.82) is 0 Å². The van der Waals surface area contributed by atoms with Crippen LogP contribution in [0.1, 0.15) is 6.92 Å². The third kappa shape index (κ3) is 2.44. The van der Waals surface area contributed by atoms with Gasteiger partial charge in [-0.1, -0.05) is 0 Å². The van der Waals surface area contributed by atoms with Crippen LogP contribution in [0.2, 0.25) is 0 Å². The Bertz CT molecular complexity index is 200. The van der Waals surface area contributed by atoms with E-state index in [4.69, 9.17) is 5.11 Å². The number of hydrogen-bond acceptors (Lipinski definition) is 5. The molecule has 1 N–H and O–H groups in total. The van der Waals surface area contributed by atoms with E-state index in [1.54, 1.807) is 6.92 Å².